The molecule has 7 heteroatoms. The van der Waals surface area contributed by atoms with Crippen molar-refractivity contribution in [1.29, 1.82) is 0 Å². The third-order valence-corrected chi connectivity index (χ3v) is 4.60. The molecule has 0 atom stereocenters. The molecule has 3 heterocycles. The summed E-state index contributed by atoms with van der Waals surface area (Å²) in [6, 6.07) is 7.95. The van der Waals surface area contributed by atoms with Crippen LogP contribution in [0.25, 0.3) is 33.7 Å². The molecule has 0 aliphatic carbocycles. The van der Waals surface area contributed by atoms with Crippen LogP contribution in [0.5, 0.6) is 11.6 Å². The van der Waals surface area contributed by atoms with Crippen molar-refractivity contribution in [3.8, 4) is 34.5 Å². The van der Waals surface area contributed by atoms with Gasteiger partial charge in [0.25, 0.3) is 11.8 Å². The molecule has 7 nitrogen and oxygen atoms in total. The fourth-order valence-electron chi connectivity index (χ4n) is 3.27. The van der Waals surface area contributed by atoms with E-state index in [0.29, 0.717) is 28.9 Å². The first kappa shape index (κ1) is 19.0. The number of ether oxygens (including phenoxy) is 2. The Labute approximate surface area is 169 Å². The highest BCUT2D eigenvalue weighted by molar-refractivity contribution is 5.86. The zero-order chi connectivity index (χ0) is 20.4. The van der Waals surface area contributed by atoms with E-state index in [2.05, 4.69) is 39.3 Å². The minimum atomic E-state index is -0.00184. The van der Waals surface area contributed by atoms with Gasteiger partial charge in [-0.2, -0.15) is 4.98 Å². The SMILES string of the molecule is CCCc1c[nH]c2cc(-c3noc(-c4cnc(OC(C)C)c(OC)c4)n3)ccc12. The Hall–Kier alpha value is -3.35. The van der Waals surface area contributed by atoms with E-state index in [4.69, 9.17) is 14.0 Å². The third kappa shape index (κ3) is 3.81. The summed E-state index contributed by atoms with van der Waals surface area (Å²) in [6.45, 7) is 6.05. The molecule has 0 amide bonds. The van der Waals surface area contributed by atoms with Crippen molar-refractivity contribution < 1.29 is 14.0 Å². The standard InChI is InChI=1S/C22H24N4O3/c1-5-6-15-11-23-18-9-14(7-8-17(15)18)20-25-21(29-26-20)16-10-19(27-4)22(24-12-16)28-13(2)3/h7-13,23H,5-6H2,1-4H3. The molecule has 0 fully saturated rings. The fraction of sp³-hybridized carbons (Fsp3) is 0.318. The number of fused-ring (bicyclic) bond motifs is 1. The second-order valence-corrected chi connectivity index (χ2v) is 7.15. The van der Waals surface area contributed by atoms with Crippen LogP contribution in [-0.2, 0) is 6.42 Å². The van der Waals surface area contributed by atoms with Gasteiger partial charge < -0.3 is 19.0 Å². The summed E-state index contributed by atoms with van der Waals surface area (Å²) in [5, 5.41) is 5.37. The summed E-state index contributed by atoms with van der Waals surface area (Å²) in [4.78, 5) is 12.2. The van der Waals surface area contributed by atoms with E-state index in [9.17, 15) is 0 Å². The number of hydrogen-bond donors (Lipinski definition) is 1. The molecule has 0 unspecified atom stereocenters. The second-order valence-electron chi connectivity index (χ2n) is 7.15. The lowest BCUT2D eigenvalue weighted by Gasteiger charge is -2.12. The number of benzene rings is 1. The number of H-pyrrole nitrogens is 1. The lowest BCUT2D eigenvalue weighted by molar-refractivity contribution is 0.220. The number of aromatic nitrogens is 4. The number of nitrogens with zero attached hydrogens (tertiary/aromatic N) is 3. The Morgan fingerprint density at radius 2 is 2.03 bits per heavy atom. The number of hydrogen-bond acceptors (Lipinski definition) is 6. The Morgan fingerprint density at radius 3 is 2.79 bits per heavy atom. The van der Waals surface area contributed by atoms with Crippen LogP contribution in [0.2, 0.25) is 0 Å². The summed E-state index contributed by atoms with van der Waals surface area (Å²) >= 11 is 0. The molecule has 0 aliphatic rings. The van der Waals surface area contributed by atoms with Crippen LogP contribution in [0.15, 0.2) is 41.2 Å². The smallest absolute Gasteiger partial charge is 0.259 e. The maximum atomic E-state index is 5.66. The van der Waals surface area contributed by atoms with Gasteiger partial charge in [-0.15, -0.1) is 0 Å². The Kier molecular flexibility index (Phi) is 5.20. The van der Waals surface area contributed by atoms with Crippen LogP contribution in [0.4, 0.5) is 0 Å². The lowest BCUT2D eigenvalue weighted by atomic mass is 10.1. The maximum absolute atomic E-state index is 5.66. The molecule has 29 heavy (non-hydrogen) atoms. The van der Waals surface area contributed by atoms with Crippen LogP contribution in [0, 0.1) is 0 Å². The number of nitrogens with one attached hydrogen (secondary N) is 1. The van der Waals surface area contributed by atoms with Gasteiger partial charge in [0.05, 0.1) is 18.8 Å². The van der Waals surface area contributed by atoms with Crippen molar-refractivity contribution in [3.05, 3.63) is 42.2 Å². The normalized spacial score (nSPS) is 11.3. The molecule has 4 aromatic rings. The average Bonchev–Trinajstić information content (AvgIpc) is 3.35. The van der Waals surface area contributed by atoms with Gasteiger partial charge in [0.15, 0.2) is 5.75 Å². The molecule has 4 rings (SSSR count). The van der Waals surface area contributed by atoms with E-state index >= 15 is 0 Å². The van der Waals surface area contributed by atoms with Gasteiger partial charge in [0.1, 0.15) is 0 Å². The zero-order valence-corrected chi connectivity index (χ0v) is 17.0. The largest absolute Gasteiger partial charge is 0.491 e. The molecule has 0 saturated heterocycles. The van der Waals surface area contributed by atoms with Crippen LogP contribution in [0.3, 0.4) is 0 Å². The van der Waals surface area contributed by atoms with Crippen molar-refractivity contribution in [2.75, 3.05) is 7.11 Å². The van der Waals surface area contributed by atoms with Gasteiger partial charge in [-0.1, -0.05) is 30.6 Å². The third-order valence-electron chi connectivity index (χ3n) is 4.60. The highest BCUT2D eigenvalue weighted by Gasteiger charge is 2.16. The molecule has 0 spiro atoms. The Bertz CT molecular complexity index is 1130. The molecule has 0 bridgehead atoms. The maximum Gasteiger partial charge on any atom is 0.259 e. The van der Waals surface area contributed by atoms with E-state index in [1.54, 1.807) is 19.4 Å². The molecular formula is C22H24N4O3. The molecule has 1 aromatic carbocycles. The average molecular weight is 392 g/mol. The molecule has 0 saturated carbocycles. The summed E-state index contributed by atoms with van der Waals surface area (Å²) in [5.41, 5.74) is 3.94. The first-order valence-electron chi connectivity index (χ1n) is 9.74. The molecule has 0 aliphatic heterocycles. The van der Waals surface area contributed by atoms with Crippen molar-refractivity contribution in [1.82, 2.24) is 20.1 Å². The fourth-order valence-corrected chi connectivity index (χ4v) is 3.27. The van der Waals surface area contributed by atoms with Crippen molar-refractivity contribution in [2.45, 2.75) is 39.7 Å². The van der Waals surface area contributed by atoms with Gasteiger partial charge in [-0.25, -0.2) is 4.98 Å². The van der Waals surface area contributed by atoms with E-state index in [0.717, 1.165) is 23.9 Å². The minimum absolute atomic E-state index is 0.00184. The second kappa shape index (κ2) is 7.95. The van der Waals surface area contributed by atoms with E-state index in [-0.39, 0.29) is 6.10 Å². The summed E-state index contributed by atoms with van der Waals surface area (Å²) in [5.74, 6) is 1.86. The monoisotopic (exact) mass is 392 g/mol. The quantitative estimate of drug-likeness (QED) is 0.475. The molecule has 0 radical (unpaired) electrons. The molecule has 3 aromatic heterocycles. The molecule has 1 N–H and O–H groups in total. The molecule has 150 valence electrons. The highest BCUT2D eigenvalue weighted by atomic mass is 16.5. The van der Waals surface area contributed by atoms with Crippen LogP contribution < -0.4 is 9.47 Å². The van der Waals surface area contributed by atoms with E-state index in [1.165, 1.54) is 10.9 Å². The van der Waals surface area contributed by atoms with Crippen LogP contribution in [0.1, 0.15) is 32.8 Å². The summed E-state index contributed by atoms with van der Waals surface area (Å²) < 4.78 is 16.5. The number of pyridine rings is 1. The Balaban J connectivity index is 1.64. The predicted octanol–water partition coefficient (Wildman–Crippen LogP) is 5.03. The van der Waals surface area contributed by atoms with Crippen molar-refractivity contribution in [3.63, 3.8) is 0 Å². The highest BCUT2D eigenvalue weighted by Crippen LogP contribution is 2.31. The van der Waals surface area contributed by atoms with Crippen molar-refractivity contribution in [2.24, 2.45) is 0 Å². The summed E-state index contributed by atoms with van der Waals surface area (Å²) in [7, 11) is 1.58. The first-order valence-corrected chi connectivity index (χ1v) is 9.74. The van der Waals surface area contributed by atoms with E-state index < -0.39 is 0 Å². The van der Waals surface area contributed by atoms with Gasteiger partial charge in [0, 0.05) is 34.9 Å². The van der Waals surface area contributed by atoms with Gasteiger partial charge in [-0.05, 0) is 31.9 Å². The number of aromatic amines is 1. The predicted molar refractivity (Wildman–Crippen MR) is 111 cm³/mol. The molecular weight excluding hydrogens is 368 g/mol. The number of aryl methyl sites for hydroxylation is 1. The number of methoxy groups -OCH3 is 1. The van der Waals surface area contributed by atoms with Crippen molar-refractivity contribution >= 4 is 10.9 Å². The Morgan fingerprint density at radius 1 is 1.17 bits per heavy atom. The lowest BCUT2D eigenvalue weighted by Crippen LogP contribution is -2.08. The van der Waals surface area contributed by atoms with Gasteiger partial charge in [-0.3, -0.25) is 0 Å². The number of rotatable bonds is 7. The van der Waals surface area contributed by atoms with Crippen LogP contribution in [-0.4, -0.2) is 33.3 Å². The zero-order valence-electron chi connectivity index (χ0n) is 17.0. The van der Waals surface area contributed by atoms with Crippen LogP contribution >= 0.6 is 0 Å². The van der Waals surface area contributed by atoms with E-state index in [1.807, 2.05) is 26.0 Å². The van der Waals surface area contributed by atoms with Gasteiger partial charge >= 0.3 is 0 Å². The minimum Gasteiger partial charge on any atom is -0.491 e. The van der Waals surface area contributed by atoms with Gasteiger partial charge in [0.2, 0.25) is 5.82 Å². The first-order chi connectivity index (χ1) is 14.1. The summed E-state index contributed by atoms with van der Waals surface area (Å²) in [6.07, 6.45) is 5.87. The topological polar surface area (TPSA) is 86.1 Å².